The van der Waals surface area contributed by atoms with E-state index < -0.39 is 10.9 Å². The summed E-state index contributed by atoms with van der Waals surface area (Å²) in [4.78, 5) is 22.3. The summed E-state index contributed by atoms with van der Waals surface area (Å²) in [5, 5.41) is 10.7. The van der Waals surface area contributed by atoms with Crippen molar-refractivity contribution in [3.63, 3.8) is 0 Å². The van der Waals surface area contributed by atoms with E-state index in [-0.39, 0.29) is 17.3 Å². The highest BCUT2D eigenvalue weighted by molar-refractivity contribution is 5.87. The van der Waals surface area contributed by atoms with Gasteiger partial charge >= 0.3 is 5.97 Å². The van der Waals surface area contributed by atoms with E-state index in [1.165, 1.54) is 48.6 Å². The zero-order chi connectivity index (χ0) is 22.2. The summed E-state index contributed by atoms with van der Waals surface area (Å²) in [6, 6.07) is 18.5. The topological polar surface area (TPSA) is 78.7 Å². The van der Waals surface area contributed by atoms with Gasteiger partial charge in [0.25, 0.3) is 5.69 Å². The number of non-ortho nitro benzene ring substituents is 1. The Labute approximate surface area is 178 Å². The molecule has 0 fully saturated rings. The monoisotopic (exact) mass is 419 g/mol. The van der Waals surface area contributed by atoms with Crippen LogP contribution in [0.15, 0.2) is 91.0 Å². The third-order valence-corrected chi connectivity index (χ3v) is 4.29. The molecule has 3 rings (SSSR count). The zero-order valence-corrected chi connectivity index (χ0v) is 16.5. The lowest BCUT2D eigenvalue weighted by Gasteiger charge is -2.12. The van der Waals surface area contributed by atoms with Crippen LogP contribution in [0.5, 0.6) is 11.5 Å². The maximum absolute atomic E-state index is 13.8. The summed E-state index contributed by atoms with van der Waals surface area (Å²) in [6.45, 7) is 0. The molecule has 0 heterocycles. The van der Waals surface area contributed by atoms with Gasteiger partial charge in [-0.15, -0.1) is 0 Å². The molecule has 0 atom stereocenters. The SMILES string of the molecule is COc1ccccc1/C(=C\C=C\C(=O)Oc1ccc([N+](=O)[O-])cc1)c1cccc(F)c1. The van der Waals surface area contributed by atoms with Crippen LogP contribution >= 0.6 is 0 Å². The highest BCUT2D eigenvalue weighted by atomic mass is 19.1. The summed E-state index contributed by atoms with van der Waals surface area (Å²) in [6.07, 6.45) is 4.35. The predicted molar refractivity (Wildman–Crippen MR) is 114 cm³/mol. The van der Waals surface area contributed by atoms with Crippen molar-refractivity contribution in [2.45, 2.75) is 0 Å². The Hall–Kier alpha value is -4.26. The van der Waals surface area contributed by atoms with Crippen molar-refractivity contribution in [3.8, 4) is 11.5 Å². The van der Waals surface area contributed by atoms with Crippen molar-refractivity contribution in [1.29, 1.82) is 0 Å². The minimum Gasteiger partial charge on any atom is -0.496 e. The van der Waals surface area contributed by atoms with E-state index in [1.54, 1.807) is 31.4 Å². The Balaban J connectivity index is 1.85. The number of nitrogens with zero attached hydrogens (tertiary/aromatic N) is 1. The van der Waals surface area contributed by atoms with Crippen LogP contribution in [0.4, 0.5) is 10.1 Å². The van der Waals surface area contributed by atoms with Crippen LogP contribution in [-0.2, 0) is 4.79 Å². The third-order valence-electron chi connectivity index (χ3n) is 4.29. The fraction of sp³-hybridized carbons (Fsp3) is 0.0417. The van der Waals surface area contributed by atoms with Crippen LogP contribution in [0.2, 0.25) is 0 Å². The number of allylic oxidation sites excluding steroid dienone is 2. The van der Waals surface area contributed by atoms with Gasteiger partial charge in [0.1, 0.15) is 17.3 Å². The number of carbonyl (C=O) groups is 1. The number of para-hydroxylation sites is 1. The van der Waals surface area contributed by atoms with Crippen LogP contribution in [0.1, 0.15) is 11.1 Å². The molecule has 7 heteroatoms. The lowest BCUT2D eigenvalue weighted by molar-refractivity contribution is -0.384. The summed E-state index contributed by atoms with van der Waals surface area (Å²) in [5.41, 5.74) is 1.88. The molecule has 0 unspecified atom stereocenters. The first-order valence-electron chi connectivity index (χ1n) is 9.22. The van der Waals surface area contributed by atoms with E-state index in [0.29, 0.717) is 16.9 Å². The number of rotatable bonds is 7. The zero-order valence-electron chi connectivity index (χ0n) is 16.5. The van der Waals surface area contributed by atoms with Gasteiger partial charge < -0.3 is 9.47 Å². The molecule has 0 bridgehead atoms. The quantitative estimate of drug-likeness (QED) is 0.129. The molecule has 0 saturated heterocycles. The van der Waals surface area contributed by atoms with Crippen molar-refractivity contribution in [3.05, 3.63) is 118 Å². The Morgan fingerprint density at radius 1 is 1.03 bits per heavy atom. The summed E-state index contributed by atoms with van der Waals surface area (Å²) >= 11 is 0. The van der Waals surface area contributed by atoms with Crippen molar-refractivity contribution < 1.29 is 23.6 Å². The normalized spacial score (nSPS) is 11.4. The van der Waals surface area contributed by atoms with Crippen LogP contribution in [0.25, 0.3) is 5.57 Å². The summed E-state index contributed by atoms with van der Waals surface area (Å²) in [5.74, 6) is -0.275. The van der Waals surface area contributed by atoms with Gasteiger partial charge in [0.05, 0.1) is 12.0 Å². The fourth-order valence-corrected chi connectivity index (χ4v) is 2.87. The van der Waals surface area contributed by atoms with Crippen molar-refractivity contribution in [2.75, 3.05) is 7.11 Å². The standard InChI is InChI=1S/C24H18FNO5/c1-30-23-10-3-2-8-22(23)21(17-6-4-7-18(25)16-17)9-5-11-24(27)31-20-14-12-19(13-15-20)26(28)29/h2-16H,1H3/b11-5+,21-9-. The molecule has 3 aromatic carbocycles. The number of nitro groups is 1. The first-order valence-corrected chi connectivity index (χ1v) is 9.22. The molecule has 0 aromatic heterocycles. The van der Waals surface area contributed by atoms with Gasteiger partial charge in [-0.1, -0.05) is 42.5 Å². The molecule has 0 N–H and O–H groups in total. The number of methoxy groups -OCH3 is 1. The first kappa shape index (κ1) is 21.4. The van der Waals surface area contributed by atoms with Gasteiger partial charge in [0.15, 0.2) is 0 Å². The van der Waals surface area contributed by atoms with Gasteiger partial charge in [-0.3, -0.25) is 10.1 Å². The van der Waals surface area contributed by atoms with Crippen LogP contribution < -0.4 is 9.47 Å². The molecule has 31 heavy (non-hydrogen) atoms. The van der Waals surface area contributed by atoms with Gasteiger partial charge in [-0.05, 0) is 41.5 Å². The molecule has 0 aliphatic rings. The minimum atomic E-state index is -0.663. The van der Waals surface area contributed by atoms with Crippen LogP contribution in [-0.4, -0.2) is 18.0 Å². The number of hydrogen-bond donors (Lipinski definition) is 0. The summed E-state index contributed by atoms with van der Waals surface area (Å²) in [7, 11) is 1.54. The average Bonchev–Trinajstić information content (AvgIpc) is 2.77. The Morgan fingerprint density at radius 3 is 2.45 bits per heavy atom. The highest BCUT2D eigenvalue weighted by Gasteiger charge is 2.11. The molecule has 156 valence electrons. The number of carbonyl (C=O) groups excluding carboxylic acids is 1. The number of benzene rings is 3. The van der Waals surface area contributed by atoms with Gasteiger partial charge in [-0.25, -0.2) is 9.18 Å². The largest absolute Gasteiger partial charge is 0.496 e. The van der Waals surface area contributed by atoms with Gasteiger partial charge in [-0.2, -0.15) is 0 Å². The maximum Gasteiger partial charge on any atom is 0.336 e. The van der Waals surface area contributed by atoms with Crippen molar-refractivity contribution in [1.82, 2.24) is 0 Å². The molecular formula is C24H18FNO5. The Kier molecular flexibility index (Phi) is 6.90. The van der Waals surface area contributed by atoms with Gasteiger partial charge in [0.2, 0.25) is 0 Å². The lowest BCUT2D eigenvalue weighted by Crippen LogP contribution is -2.03. The lowest BCUT2D eigenvalue weighted by atomic mass is 9.96. The van der Waals surface area contributed by atoms with E-state index in [0.717, 1.165) is 5.56 Å². The summed E-state index contributed by atoms with van der Waals surface area (Å²) < 4.78 is 24.4. The third kappa shape index (κ3) is 5.63. The van der Waals surface area contributed by atoms with Crippen LogP contribution in [0, 0.1) is 15.9 Å². The first-order chi connectivity index (χ1) is 15.0. The number of ether oxygens (including phenoxy) is 2. The van der Waals surface area contributed by atoms with Crippen LogP contribution in [0.3, 0.4) is 0 Å². The number of esters is 1. The molecule has 0 amide bonds. The average molecular weight is 419 g/mol. The molecule has 6 nitrogen and oxygen atoms in total. The van der Waals surface area contributed by atoms with E-state index in [4.69, 9.17) is 9.47 Å². The van der Waals surface area contributed by atoms with Crippen molar-refractivity contribution >= 4 is 17.2 Å². The predicted octanol–water partition coefficient (Wildman–Crippen LogP) is 5.34. The van der Waals surface area contributed by atoms with E-state index >= 15 is 0 Å². The molecule has 0 aliphatic heterocycles. The van der Waals surface area contributed by atoms with Gasteiger partial charge in [0, 0.05) is 23.8 Å². The minimum absolute atomic E-state index is 0.102. The fourth-order valence-electron chi connectivity index (χ4n) is 2.87. The maximum atomic E-state index is 13.8. The highest BCUT2D eigenvalue weighted by Crippen LogP contribution is 2.31. The second kappa shape index (κ2) is 9.98. The molecule has 0 radical (unpaired) electrons. The van der Waals surface area contributed by atoms with Crippen molar-refractivity contribution in [2.24, 2.45) is 0 Å². The van der Waals surface area contributed by atoms with E-state index in [2.05, 4.69) is 0 Å². The number of nitro benzene ring substituents is 1. The Morgan fingerprint density at radius 2 is 1.77 bits per heavy atom. The number of hydrogen-bond acceptors (Lipinski definition) is 5. The molecular weight excluding hydrogens is 401 g/mol. The molecule has 0 spiro atoms. The Bertz CT molecular complexity index is 1150. The molecule has 3 aromatic rings. The molecule has 0 aliphatic carbocycles. The van der Waals surface area contributed by atoms with E-state index in [1.807, 2.05) is 18.2 Å². The second-order valence-corrected chi connectivity index (χ2v) is 6.32. The number of halogens is 1. The second-order valence-electron chi connectivity index (χ2n) is 6.32. The molecule has 0 saturated carbocycles. The smallest absolute Gasteiger partial charge is 0.336 e. The van der Waals surface area contributed by atoms with E-state index in [9.17, 15) is 19.3 Å².